The van der Waals surface area contributed by atoms with E-state index in [4.69, 9.17) is 4.74 Å². The number of nitrogens with zero attached hydrogens (tertiary/aromatic N) is 6. The fourth-order valence-corrected chi connectivity index (χ4v) is 4.77. The molecule has 2 aromatic heterocycles. The van der Waals surface area contributed by atoms with Gasteiger partial charge in [-0.2, -0.15) is 0 Å². The van der Waals surface area contributed by atoms with E-state index in [0.717, 1.165) is 56.7 Å². The fraction of sp³-hybridized carbons (Fsp3) is 0.407. The van der Waals surface area contributed by atoms with E-state index in [0.29, 0.717) is 18.8 Å². The van der Waals surface area contributed by atoms with Crippen LogP contribution in [0.5, 0.6) is 5.75 Å². The molecule has 3 aromatic rings. The molecule has 37 heavy (non-hydrogen) atoms. The average Bonchev–Trinajstić information content (AvgIpc) is 2.91. The monoisotopic (exact) mass is 508 g/mol. The van der Waals surface area contributed by atoms with Gasteiger partial charge in [0.05, 0.1) is 24.8 Å². The van der Waals surface area contributed by atoms with Crippen molar-refractivity contribution in [3.63, 3.8) is 0 Å². The van der Waals surface area contributed by atoms with Crippen LogP contribution in [0.2, 0.25) is 0 Å². The van der Waals surface area contributed by atoms with E-state index in [-0.39, 0.29) is 35.2 Å². The van der Waals surface area contributed by atoms with Gasteiger partial charge in [-0.3, -0.25) is 14.7 Å². The zero-order chi connectivity index (χ0) is 25.9. The van der Waals surface area contributed by atoms with Gasteiger partial charge in [0.2, 0.25) is 5.91 Å². The largest absolute Gasteiger partial charge is 0.486 e. The molecule has 1 amide bonds. The maximum Gasteiger partial charge on any atom is 0.224 e. The minimum atomic E-state index is -0.680. The second kappa shape index (κ2) is 10.9. The van der Waals surface area contributed by atoms with E-state index in [1.54, 1.807) is 0 Å². The summed E-state index contributed by atoms with van der Waals surface area (Å²) in [5.41, 5.74) is 2.33. The molecule has 1 saturated heterocycles. The molecule has 0 aliphatic carbocycles. The molecule has 0 spiro atoms. The van der Waals surface area contributed by atoms with Crippen molar-refractivity contribution in [1.29, 1.82) is 0 Å². The smallest absolute Gasteiger partial charge is 0.224 e. The molecule has 2 aliphatic heterocycles. The number of likely N-dealkylation sites (N-methyl/N-ethyl adjacent to an activating group) is 1. The van der Waals surface area contributed by atoms with Gasteiger partial charge in [-0.15, -0.1) is 0 Å². The summed E-state index contributed by atoms with van der Waals surface area (Å²) in [6.45, 7) is 10.3. The lowest BCUT2D eigenvalue weighted by Gasteiger charge is -2.33. The summed E-state index contributed by atoms with van der Waals surface area (Å²) < 4.78 is 35.0. The summed E-state index contributed by atoms with van der Waals surface area (Å²) in [6, 6.07) is 6.69. The Balaban J connectivity index is 1.32. The van der Waals surface area contributed by atoms with E-state index in [9.17, 15) is 13.6 Å². The second-order valence-electron chi connectivity index (χ2n) is 9.35. The number of amides is 1. The topological polar surface area (TPSA) is 74.7 Å². The van der Waals surface area contributed by atoms with Crippen LogP contribution in [0.3, 0.4) is 0 Å². The predicted octanol–water partition coefficient (Wildman–Crippen LogP) is 3.29. The molecule has 8 nitrogen and oxygen atoms in total. The van der Waals surface area contributed by atoms with Gasteiger partial charge in [0.15, 0.2) is 17.4 Å². The summed E-state index contributed by atoms with van der Waals surface area (Å²) in [5, 5.41) is 0. The minimum absolute atomic E-state index is 0.0172. The molecule has 0 N–H and O–H groups in total. The van der Waals surface area contributed by atoms with Crippen LogP contribution in [0, 0.1) is 11.6 Å². The SMILES string of the molecule is CCN1CCN(Cc2ccc(Cc3ncc(F)c(-c4cc(F)c5c(c4)N(C(C)=O)CCO5)n3)nc2)CC1. The number of piperazine rings is 1. The summed E-state index contributed by atoms with van der Waals surface area (Å²) in [7, 11) is 0. The molecule has 0 radical (unpaired) electrons. The van der Waals surface area contributed by atoms with Crippen LogP contribution in [0.4, 0.5) is 14.5 Å². The number of halogens is 2. The first kappa shape index (κ1) is 25.2. The highest BCUT2D eigenvalue weighted by Crippen LogP contribution is 2.38. The Bertz CT molecular complexity index is 1280. The maximum absolute atomic E-state index is 14.8. The molecular formula is C27H30F2N6O2. The Morgan fingerprint density at radius 3 is 2.49 bits per heavy atom. The molecule has 194 valence electrons. The summed E-state index contributed by atoms with van der Waals surface area (Å²) >= 11 is 0. The zero-order valence-electron chi connectivity index (χ0n) is 21.1. The lowest BCUT2D eigenvalue weighted by Crippen LogP contribution is -2.45. The number of carbonyl (C=O) groups is 1. The van der Waals surface area contributed by atoms with Crippen LogP contribution in [-0.2, 0) is 17.8 Å². The number of hydrogen-bond donors (Lipinski definition) is 0. The highest BCUT2D eigenvalue weighted by molar-refractivity contribution is 5.94. The van der Waals surface area contributed by atoms with Gasteiger partial charge in [0.25, 0.3) is 0 Å². The summed E-state index contributed by atoms with van der Waals surface area (Å²) in [4.78, 5) is 31.4. The molecule has 0 bridgehead atoms. The van der Waals surface area contributed by atoms with Crippen molar-refractivity contribution < 1.29 is 18.3 Å². The molecule has 0 unspecified atom stereocenters. The molecule has 2 aliphatic rings. The number of benzene rings is 1. The van der Waals surface area contributed by atoms with Crippen molar-refractivity contribution in [2.24, 2.45) is 0 Å². The molecule has 1 aromatic carbocycles. The Kier molecular flexibility index (Phi) is 7.38. The summed E-state index contributed by atoms with van der Waals surface area (Å²) in [5.74, 6) is -1.25. The van der Waals surface area contributed by atoms with Crippen molar-refractivity contribution in [3.05, 3.63) is 65.4 Å². The number of fused-ring (bicyclic) bond motifs is 1. The average molecular weight is 509 g/mol. The molecule has 0 saturated carbocycles. The second-order valence-corrected chi connectivity index (χ2v) is 9.35. The maximum atomic E-state index is 14.8. The van der Waals surface area contributed by atoms with E-state index < -0.39 is 11.6 Å². The van der Waals surface area contributed by atoms with E-state index >= 15 is 0 Å². The third-order valence-corrected chi connectivity index (χ3v) is 6.87. The molecular weight excluding hydrogens is 478 g/mol. The predicted molar refractivity (Wildman–Crippen MR) is 135 cm³/mol. The zero-order valence-corrected chi connectivity index (χ0v) is 21.1. The van der Waals surface area contributed by atoms with Crippen molar-refractivity contribution in [2.45, 2.75) is 26.8 Å². The molecule has 4 heterocycles. The number of pyridine rings is 1. The normalized spacial score (nSPS) is 16.4. The van der Waals surface area contributed by atoms with Crippen LogP contribution in [0.15, 0.2) is 36.7 Å². The van der Waals surface area contributed by atoms with Crippen LogP contribution < -0.4 is 9.64 Å². The lowest BCUT2D eigenvalue weighted by molar-refractivity contribution is -0.116. The number of anilines is 1. The van der Waals surface area contributed by atoms with E-state index in [1.165, 1.54) is 24.0 Å². The third kappa shape index (κ3) is 5.60. The Labute approximate surface area is 214 Å². The number of ether oxygens (including phenoxy) is 1. The Morgan fingerprint density at radius 1 is 1.00 bits per heavy atom. The third-order valence-electron chi connectivity index (χ3n) is 6.87. The fourth-order valence-electron chi connectivity index (χ4n) is 4.77. The highest BCUT2D eigenvalue weighted by atomic mass is 19.1. The Morgan fingerprint density at radius 2 is 1.78 bits per heavy atom. The van der Waals surface area contributed by atoms with Gasteiger partial charge < -0.3 is 14.5 Å². The quantitative estimate of drug-likeness (QED) is 0.506. The van der Waals surface area contributed by atoms with Crippen molar-refractivity contribution in [3.8, 4) is 17.0 Å². The van der Waals surface area contributed by atoms with Crippen molar-refractivity contribution >= 4 is 11.6 Å². The van der Waals surface area contributed by atoms with Gasteiger partial charge in [0, 0.05) is 57.1 Å². The number of aromatic nitrogens is 3. The molecule has 1 fully saturated rings. The first-order chi connectivity index (χ1) is 17.9. The van der Waals surface area contributed by atoms with Gasteiger partial charge >= 0.3 is 0 Å². The Hall–Kier alpha value is -3.50. The van der Waals surface area contributed by atoms with Crippen LogP contribution in [0.25, 0.3) is 11.3 Å². The number of hydrogen-bond acceptors (Lipinski definition) is 7. The first-order valence-electron chi connectivity index (χ1n) is 12.6. The molecule has 5 rings (SSSR count). The first-order valence-corrected chi connectivity index (χ1v) is 12.6. The van der Waals surface area contributed by atoms with Gasteiger partial charge in [-0.05, 0) is 30.3 Å². The highest BCUT2D eigenvalue weighted by Gasteiger charge is 2.26. The van der Waals surface area contributed by atoms with Crippen molar-refractivity contribution in [1.82, 2.24) is 24.8 Å². The van der Waals surface area contributed by atoms with Crippen LogP contribution >= 0.6 is 0 Å². The molecule has 0 atom stereocenters. The van der Waals surface area contributed by atoms with Crippen molar-refractivity contribution in [2.75, 3.05) is 50.8 Å². The number of carbonyl (C=O) groups excluding carboxylic acids is 1. The van der Waals surface area contributed by atoms with Crippen LogP contribution in [-0.4, -0.2) is 76.5 Å². The molecule has 10 heteroatoms. The standard InChI is InChI=1S/C27H30F2N6O2/c1-3-33-6-8-34(9-7-33)17-19-4-5-21(30-15-19)14-25-31-16-23(29)26(32-25)20-12-22(28)27-24(13-20)35(18(2)36)10-11-37-27/h4-5,12-13,15-16H,3,6-11,14,17H2,1-2H3. The minimum Gasteiger partial charge on any atom is -0.486 e. The van der Waals surface area contributed by atoms with Gasteiger partial charge in [0.1, 0.15) is 18.1 Å². The number of rotatable bonds is 6. The van der Waals surface area contributed by atoms with Gasteiger partial charge in [-0.25, -0.2) is 18.7 Å². The van der Waals surface area contributed by atoms with Crippen LogP contribution in [0.1, 0.15) is 30.9 Å². The van der Waals surface area contributed by atoms with E-state index in [1.807, 2.05) is 18.3 Å². The summed E-state index contributed by atoms with van der Waals surface area (Å²) in [6.07, 6.45) is 3.25. The lowest BCUT2D eigenvalue weighted by atomic mass is 10.1. The van der Waals surface area contributed by atoms with E-state index in [2.05, 4.69) is 31.7 Å². The van der Waals surface area contributed by atoms with Gasteiger partial charge in [-0.1, -0.05) is 13.0 Å².